The first-order valence-corrected chi connectivity index (χ1v) is 14.5. The molecule has 9 heteroatoms. The fourth-order valence-corrected chi connectivity index (χ4v) is 4.75. The highest BCUT2D eigenvalue weighted by Crippen LogP contribution is 2.30. The standard InChI is InChI=1S/C32H39ClN4O4/c1-4-23(14-13-21(2)33)22(3)35-28-16-15-24(20-29(28)34-19-9-5-6-12-31(39)40)32(41)37-27-17-18-30(38)36-26-11-8-7-10-25(26)27/h4,7-8,10-11,13-16,19-21,27-29H,5-6,9,12,17-18H2,1-3H3,(H,36,38)(H,37,41)(H,39,40)/b14-13-,23-4+,34-19?,35-22?. The van der Waals surface area contributed by atoms with E-state index in [1.807, 2.05) is 75.4 Å². The van der Waals surface area contributed by atoms with Crippen LogP contribution in [0.15, 0.2) is 81.9 Å². The number of rotatable bonds is 12. The van der Waals surface area contributed by atoms with Crippen LogP contribution in [0.4, 0.5) is 5.69 Å². The normalized spacial score (nSPS) is 22.2. The fourth-order valence-electron chi connectivity index (χ4n) is 4.67. The van der Waals surface area contributed by atoms with Gasteiger partial charge in [0.1, 0.15) is 0 Å². The van der Waals surface area contributed by atoms with Gasteiger partial charge in [0.25, 0.3) is 5.91 Å². The van der Waals surface area contributed by atoms with Gasteiger partial charge in [-0.15, -0.1) is 11.6 Å². The third kappa shape index (κ3) is 9.97. The summed E-state index contributed by atoms with van der Waals surface area (Å²) in [6.07, 6.45) is 15.9. The summed E-state index contributed by atoms with van der Waals surface area (Å²) in [6.45, 7) is 5.77. The minimum atomic E-state index is -0.809. The van der Waals surface area contributed by atoms with E-state index in [1.54, 1.807) is 12.3 Å². The van der Waals surface area contributed by atoms with Crippen LogP contribution in [0.3, 0.4) is 0 Å². The van der Waals surface area contributed by atoms with Gasteiger partial charge in [0.15, 0.2) is 0 Å². The number of benzene rings is 1. The van der Waals surface area contributed by atoms with Crippen molar-refractivity contribution < 1.29 is 19.5 Å². The number of para-hydroxylation sites is 1. The Morgan fingerprint density at radius 3 is 2.76 bits per heavy atom. The Kier molecular flexibility index (Phi) is 12.3. The van der Waals surface area contributed by atoms with Crippen molar-refractivity contribution in [3.63, 3.8) is 0 Å². The molecular formula is C32H39ClN4O4. The molecular weight excluding hydrogens is 540 g/mol. The Bertz CT molecular complexity index is 1290. The number of allylic oxidation sites excluding steroid dienone is 4. The van der Waals surface area contributed by atoms with E-state index < -0.39 is 12.0 Å². The summed E-state index contributed by atoms with van der Waals surface area (Å²) in [5.74, 6) is -1.13. The van der Waals surface area contributed by atoms with E-state index in [4.69, 9.17) is 26.7 Å². The highest BCUT2D eigenvalue weighted by molar-refractivity contribution is 6.21. The lowest BCUT2D eigenvalue weighted by Crippen LogP contribution is -2.32. The van der Waals surface area contributed by atoms with Crippen molar-refractivity contribution >= 4 is 47.0 Å². The van der Waals surface area contributed by atoms with E-state index >= 15 is 0 Å². The smallest absolute Gasteiger partial charge is 0.303 e. The Morgan fingerprint density at radius 2 is 2.02 bits per heavy atom. The van der Waals surface area contributed by atoms with Gasteiger partial charge in [-0.2, -0.15) is 0 Å². The van der Waals surface area contributed by atoms with Crippen LogP contribution in [0.25, 0.3) is 0 Å². The summed E-state index contributed by atoms with van der Waals surface area (Å²) in [5.41, 5.74) is 3.83. The number of carboxylic acids is 1. The molecule has 218 valence electrons. The summed E-state index contributed by atoms with van der Waals surface area (Å²) >= 11 is 6.09. The molecule has 0 bridgehead atoms. The number of alkyl halides is 1. The molecule has 2 amide bonds. The van der Waals surface area contributed by atoms with Crippen molar-refractivity contribution in [3.05, 3.63) is 77.4 Å². The van der Waals surface area contributed by atoms with Crippen LogP contribution in [-0.4, -0.2) is 52.3 Å². The Morgan fingerprint density at radius 1 is 1.24 bits per heavy atom. The highest BCUT2D eigenvalue weighted by atomic mass is 35.5. The third-order valence-electron chi connectivity index (χ3n) is 6.87. The zero-order chi connectivity index (χ0) is 29.8. The zero-order valence-corrected chi connectivity index (χ0v) is 24.6. The number of nitrogens with zero attached hydrogens (tertiary/aromatic N) is 2. The lowest BCUT2D eigenvalue weighted by Gasteiger charge is -2.23. The van der Waals surface area contributed by atoms with Gasteiger partial charge in [-0.05, 0) is 75.9 Å². The third-order valence-corrected chi connectivity index (χ3v) is 7.02. The van der Waals surface area contributed by atoms with Crippen LogP contribution >= 0.6 is 11.6 Å². The monoisotopic (exact) mass is 578 g/mol. The maximum absolute atomic E-state index is 13.4. The lowest BCUT2D eigenvalue weighted by molar-refractivity contribution is -0.137. The molecule has 4 unspecified atom stereocenters. The van der Waals surface area contributed by atoms with E-state index in [0.717, 1.165) is 16.8 Å². The van der Waals surface area contributed by atoms with E-state index in [2.05, 4.69) is 10.6 Å². The molecule has 8 nitrogen and oxygen atoms in total. The molecule has 1 aromatic rings. The molecule has 1 aliphatic heterocycles. The van der Waals surface area contributed by atoms with Crippen LogP contribution in [0.1, 0.15) is 70.9 Å². The minimum absolute atomic E-state index is 0.0735. The second-order valence-corrected chi connectivity index (χ2v) is 10.8. The average Bonchev–Trinajstić information content (AvgIpc) is 3.09. The topological polar surface area (TPSA) is 120 Å². The molecule has 1 aromatic carbocycles. The SMILES string of the molecule is C/C=C(\C=C/C(C)Cl)C(C)=NC1C=CC(C(=O)NC2CCC(=O)Nc3ccccc32)=CC1N=CCCCCC(=O)O. The van der Waals surface area contributed by atoms with E-state index in [9.17, 15) is 14.4 Å². The average molecular weight is 579 g/mol. The molecule has 0 fully saturated rings. The number of hydrogen-bond acceptors (Lipinski definition) is 5. The minimum Gasteiger partial charge on any atom is -0.481 e. The summed E-state index contributed by atoms with van der Waals surface area (Å²) in [7, 11) is 0. The number of carbonyl (C=O) groups excluding carboxylic acids is 2. The molecule has 0 aromatic heterocycles. The Balaban J connectivity index is 1.81. The van der Waals surface area contributed by atoms with E-state index in [-0.39, 0.29) is 35.7 Å². The molecule has 0 radical (unpaired) electrons. The van der Waals surface area contributed by atoms with Crippen LogP contribution in [0.5, 0.6) is 0 Å². The van der Waals surface area contributed by atoms with Gasteiger partial charge < -0.3 is 15.7 Å². The van der Waals surface area contributed by atoms with Crippen molar-refractivity contribution in [1.29, 1.82) is 0 Å². The molecule has 0 saturated carbocycles. The van der Waals surface area contributed by atoms with Crippen molar-refractivity contribution in [2.45, 2.75) is 82.8 Å². The number of amides is 2. The first kappa shape index (κ1) is 31.7. The van der Waals surface area contributed by atoms with Gasteiger partial charge in [-0.1, -0.05) is 48.6 Å². The van der Waals surface area contributed by atoms with E-state index in [1.165, 1.54) is 0 Å². The van der Waals surface area contributed by atoms with Crippen molar-refractivity contribution in [3.8, 4) is 0 Å². The first-order chi connectivity index (χ1) is 19.7. The first-order valence-electron chi connectivity index (χ1n) is 14.0. The van der Waals surface area contributed by atoms with Crippen molar-refractivity contribution in [2.24, 2.45) is 9.98 Å². The molecule has 0 spiro atoms. The second kappa shape index (κ2) is 15.9. The molecule has 4 atom stereocenters. The number of anilines is 1. The van der Waals surface area contributed by atoms with Gasteiger partial charge in [-0.25, -0.2) is 0 Å². The lowest BCUT2D eigenvalue weighted by atomic mass is 9.96. The molecule has 3 rings (SSSR count). The largest absolute Gasteiger partial charge is 0.481 e. The van der Waals surface area contributed by atoms with Crippen molar-refractivity contribution in [2.75, 3.05) is 5.32 Å². The van der Waals surface area contributed by atoms with Gasteiger partial charge in [-0.3, -0.25) is 24.4 Å². The summed E-state index contributed by atoms with van der Waals surface area (Å²) in [6, 6.07) is 6.46. The quantitative estimate of drug-likeness (QED) is 0.120. The second-order valence-electron chi connectivity index (χ2n) is 10.1. The predicted molar refractivity (Wildman–Crippen MR) is 166 cm³/mol. The zero-order valence-electron chi connectivity index (χ0n) is 23.8. The number of aliphatic carboxylic acids is 1. The van der Waals surface area contributed by atoms with Gasteiger partial charge in [0, 0.05) is 35.2 Å². The van der Waals surface area contributed by atoms with Crippen LogP contribution < -0.4 is 10.6 Å². The van der Waals surface area contributed by atoms with Gasteiger partial charge >= 0.3 is 5.97 Å². The van der Waals surface area contributed by atoms with Crippen LogP contribution in [-0.2, 0) is 14.4 Å². The number of nitrogens with one attached hydrogen (secondary N) is 2. The molecule has 0 saturated heterocycles. The predicted octanol–water partition coefficient (Wildman–Crippen LogP) is 6.12. The number of unbranched alkanes of at least 4 members (excludes halogenated alkanes) is 2. The number of carboxylic acid groups (broad SMARTS) is 1. The van der Waals surface area contributed by atoms with Gasteiger partial charge in [0.05, 0.1) is 18.1 Å². The van der Waals surface area contributed by atoms with Gasteiger partial charge in [0.2, 0.25) is 5.91 Å². The summed E-state index contributed by atoms with van der Waals surface area (Å²) in [5, 5.41) is 14.8. The molecule has 1 aliphatic carbocycles. The number of halogens is 1. The van der Waals surface area contributed by atoms with Crippen molar-refractivity contribution in [1.82, 2.24) is 5.32 Å². The van der Waals surface area contributed by atoms with E-state index in [0.29, 0.717) is 43.4 Å². The maximum Gasteiger partial charge on any atom is 0.303 e. The number of carbonyl (C=O) groups is 3. The Labute approximate surface area is 247 Å². The van der Waals surface area contributed by atoms with Crippen LogP contribution in [0, 0.1) is 0 Å². The number of fused-ring (bicyclic) bond motifs is 1. The molecule has 3 N–H and O–H groups in total. The molecule has 2 aliphatic rings. The number of aliphatic imine (C=N–C) groups is 2. The summed E-state index contributed by atoms with van der Waals surface area (Å²) in [4.78, 5) is 46.0. The Hall–Kier alpha value is -3.78. The highest BCUT2D eigenvalue weighted by Gasteiger charge is 2.27. The maximum atomic E-state index is 13.4. The van der Waals surface area contributed by atoms with Crippen LogP contribution in [0.2, 0.25) is 0 Å². The molecule has 41 heavy (non-hydrogen) atoms. The number of hydrogen-bond donors (Lipinski definition) is 3. The molecule has 1 heterocycles. The fraction of sp³-hybridized carbons (Fsp3) is 0.406. The summed E-state index contributed by atoms with van der Waals surface area (Å²) < 4.78 is 0.